The Hall–Kier alpha value is -0.660. The van der Waals surface area contributed by atoms with Gasteiger partial charge < -0.3 is 4.90 Å². The highest BCUT2D eigenvalue weighted by atomic mass is 32.2. The summed E-state index contributed by atoms with van der Waals surface area (Å²) in [6.07, 6.45) is 2.58. The zero-order chi connectivity index (χ0) is 13.1. The van der Waals surface area contributed by atoms with Gasteiger partial charge in [0.25, 0.3) is 0 Å². The van der Waals surface area contributed by atoms with E-state index >= 15 is 0 Å². The number of rotatable bonds is 4. The summed E-state index contributed by atoms with van der Waals surface area (Å²) in [6, 6.07) is 0. The molecule has 2 N–H and O–H groups in total. The summed E-state index contributed by atoms with van der Waals surface area (Å²) in [6.45, 7) is 1.47. The summed E-state index contributed by atoms with van der Waals surface area (Å²) in [5.74, 6) is -0.487. The van der Waals surface area contributed by atoms with Crippen LogP contribution in [0.5, 0.6) is 0 Å². The third-order valence-electron chi connectivity index (χ3n) is 3.48. The first-order chi connectivity index (χ1) is 7.79. The molecule has 0 aromatic rings. The smallest absolute Gasteiger partial charge is 0.249 e. The highest BCUT2D eigenvalue weighted by Gasteiger charge is 2.40. The molecule has 17 heavy (non-hydrogen) atoms. The van der Waals surface area contributed by atoms with E-state index in [4.69, 9.17) is 5.21 Å². The number of hydrogen-bond donors (Lipinski definition) is 2. The van der Waals surface area contributed by atoms with Crippen LogP contribution in [0.25, 0.3) is 0 Å². The minimum Gasteiger partial charge on any atom is -0.306 e. The van der Waals surface area contributed by atoms with Crippen LogP contribution in [0.3, 0.4) is 0 Å². The van der Waals surface area contributed by atoms with Crippen LogP contribution in [0, 0.1) is 5.41 Å². The normalized spacial score (nSPS) is 21.1. The lowest BCUT2D eigenvalue weighted by Crippen LogP contribution is -2.48. The number of nitrogens with one attached hydrogen (secondary N) is 1. The lowest BCUT2D eigenvalue weighted by Gasteiger charge is -2.38. The van der Waals surface area contributed by atoms with E-state index in [1.807, 2.05) is 7.05 Å². The fourth-order valence-electron chi connectivity index (χ4n) is 2.14. The first-order valence-corrected chi connectivity index (χ1v) is 7.66. The van der Waals surface area contributed by atoms with Gasteiger partial charge in [-0.3, -0.25) is 10.0 Å². The number of carbonyl (C=O) groups is 1. The largest absolute Gasteiger partial charge is 0.306 e. The van der Waals surface area contributed by atoms with Crippen molar-refractivity contribution in [2.75, 3.05) is 32.1 Å². The summed E-state index contributed by atoms with van der Waals surface area (Å²) in [4.78, 5) is 13.8. The van der Waals surface area contributed by atoms with Gasteiger partial charge in [0, 0.05) is 6.26 Å². The van der Waals surface area contributed by atoms with Gasteiger partial charge in [-0.2, -0.15) is 0 Å². The molecule has 1 aliphatic heterocycles. The van der Waals surface area contributed by atoms with Crippen molar-refractivity contribution in [1.82, 2.24) is 10.4 Å². The van der Waals surface area contributed by atoms with Crippen LogP contribution in [0.1, 0.15) is 19.3 Å². The summed E-state index contributed by atoms with van der Waals surface area (Å²) in [5, 5.41) is 8.78. The fraction of sp³-hybridized carbons (Fsp3) is 0.900. The topological polar surface area (TPSA) is 86.7 Å². The Morgan fingerprint density at radius 1 is 1.41 bits per heavy atom. The van der Waals surface area contributed by atoms with E-state index in [0.717, 1.165) is 19.3 Å². The van der Waals surface area contributed by atoms with E-state index in [0.29, 0.717) is 12.8 Å². The Kier molecular flexibility index (Phi) is 4.51. The van der Waals surface area contributed by atoms with E-state index < -0.39 is 21.2 Å². The maximum absolute atomic E-state index is 11.7. The van der Waals surface area contributed by atoms with Crippen LogP contribution in [0.2, 0.25) is 0 Å². The molecule has 0 aromatic carbocycles. The SMILES string of the molecule is CN1CCC(CCS(C)(=O)=O)(C(=O)NO)CC1. The molecule has 0 spiro atoms. The van der Waals surface area contributed by atoms with Crippen LogP contribution >= 0.6 is 0 Å². The maximum Gasteiger partial charge on any atom is 0.249 e. The van der Waals surface area contributed by atoms with Crippen molar-refractivity contribution in [3.8, 4) is 0 Å². The highest BCUT2D eigenvalue weighted by molar-refractivity contribution is 7.90. The molecular formula is C10H20N2O4S. The number of sulfone groups is 1. The minimum atomic E-state index is -3.09. The first kappa shape index (κ1) is 14.4. The number of carbonyl (C=O) groups excluding carboxylic acids is 1. The second-order valence-electron chi connectivity index (χ2n) is 4.90. The molecule has 0 aromatic heterocycles. The van der Waals surface area contributed by atoms with E-state index in [2.05, 4.69) is 4.90 Å². The Labute approximate surface area is 102 Å². The van der Waals surface area contributed by atoms with Gasteiger partial charge in [-0.15, -0.1) is 0 Å². The van der Waals surface area contributed by atoms with Crippen molar-refractivity contribution < 1.29 is 18.4 Å². The van der Waals surface area contributed by atoms with Crippen molar-refractivity contribution in [2.24, 2.45) is 5.41 Å². The predicted octanol–water partition coefficient (Wildman–Crippen LogP) is -0.361. The first-order valence-electron chi connectivity index (χ1n) is 5.60. The van der Waals surface area contributed by atoms with Crippen LogP contribution < -0.4 is 5.48 Å². The number of hydroxylamine groups is 1. The van der Waals surface area contributed by atoms with E-state index in [1.54, 1.807) is 5.48 Å². The molecule has 0 bridgehead atoms. The molecule has 0 atom stereocenters. The molecule has 7 heteroatoms. The number of amides is 1. The molecule has 0 radical (unpaired) electrons. The van der Waals surface area contributed by atoms with Gasteiger partial charge >= 0.3 is 0 Å². The van der Waals surface area contributed by atoms with E-state index in [-0.39, 0.29) is 12.2 Å². The van der Waals surface area contributed by atoms with Crippen LogP contribution in [-0.4, -0.2) is 56.6 Å². The Morgan fingerprint density at radius 3 is 2.35 bits per heavy atom. The fourth-order valence-corrected chi connectivity index (χ4v) is 2.90. The molecule has 1 heterocycles. The van der Waals surface area contributed by atoms with Crippen LogP contribution in [0.4, 0.5) is 0 Å². The number of piperidine rings is 1. The van der Waals surface area contributed by atoms with Crippen molar-refractivity contribution in [3.05, 3.63) is 0 Å². The molecule has 1 aliphatic rings. The maximum atomic E-state index is 11.7. The van der Waals surface area contributed by atoms with Crippen LogP contribution in [-0.2, 0) is 14.6 Å². The molecule has 1 saturated heterocycles. The summed E-state index contributed by atoms with van der Waals surface area (Å²) in [5.41, 5.74) is 0.929. The number of likely N-dealkylation sites (tertiary alicyclic amines) is 1. The molecule has 0 aliphatic carbocycles. The van der Waals surface area contributed by atoms with Crippen molar-refractivity contribution in [3.63, 3.8) is 0 Å². The molecular weight excluding hydrogens is 244 g/mol. The monoisotopic (exact) mass is 264 g/mol. The second kappa shape index (κ2) is 5.32. The zero-order valence-corrected chi connectivity index (χ0v) is 11.1. The van der Waals surface area contributed by atoms with Crippen molar-refractivity contribution in [2.45, 2.75) is 19.3 Å². The van der Waals surface area contributed by atoms with Crippen molar-refractivity contribution in [1.29, 1.82) is 0 Å². The lowest BCUT2D eigenvalue weighted by atomic mass is 9.75. The zero-order valence-electron chi connectivity index (χ0n) is 10.3. The molecule has 100 valence electrons. The lowest BCUT2D eigenvalue weighted by molar-refractivity contribution is -0.142. The number of nitrogens with zero attached hydrogens (tertiary/aromatic N) is 1. The number of hydrogen-bond acceptors (Lipinski definition) is 5. The summed E-state index contributed by atoms with van der Waals surface area (Å²) < 4.78 is 22.4. The summed E-state index contributed by atoms with van der Waals surface area (Å²) in [7, 11) is -1.14. The molecule has 0 unspecified atom stereocenters. The molecule has 0 saturated carbocycles. The van der Waals surface area contributed by atoms with E-state index in [9.17, 15) is 13.2 Å². The molecule has 6 nitrogen and oxygen atoms in total. The Bertz CT molecular complexity index is 372. The van der Waals surface area contributed by atoms with Crippen LogP contribution in [0.15, 0.2) is 0 Å². The average molecular weight is 264 g/mol. The molecule has 1 rings (SSSR count). The molecule has 1 fully saturated rings. The highest BCUT2D eigenvalue weighted by Crippen LogP contribution is 2.35. The van der Waals surface area contributed by atoms with Gasteiger partial charge in [-0.1, -0.05) is 0 Å². The second-order valence-corrected chi connectivity index (χ2v) is 7.16. The third-order valence-corrected chi connectivity index (χ3v) is 4.42. The van der Waals surface area contributed by atoms with Gasteiger partial charge in [0.2, 0.25) is 5.91 Å². The Morgan fingerprint density at radius 2 is 1.94 bits per heavy atom. The van der Waals surface area contributed by atoms with Gasteiger partial charge in [0.15, 0.2) is 0 Å². The third kappa shape index (κ3) is 3.93. The Balaban J connectivity index is 2.77. The predicted molar refractivity (Wildman–Crippen MR) is 63.4 cm³/mol. The standard InChI is InChI=1S/C10H20N2O4S/c1-12-6-3-10(4-7-12,9(13)11-14)5-8-17(2,15)16/h14H,3-8H2,1-2H3,(H,11,13). The van der Waals surface area contributed by atoms with Crippen molar-refractivity contribution >= 4 is 15.7 Å². The van der Waals surface area contributed by atoms with Gasteiger partial charge in [-0.05, 0) is 39.4 Å². The van der Waals surface area contributed by atoms with E-state index in [1.165, 1.54) is 0 Å². The minimum absolute atomic E-state index is 0.0237. The quantitative estimate of drug-likeness (QED) is 0.535. The van der Waals surface area contributed by atoms with Gasteiger partial charge in [0.1, 0.15) is 9.84 Å². The average Bonchev–Trinajstić information content (AvgIpc) is 2.27. The van der Waals surface area contributed by atoms with Gasteiger partial charge in [-0.25, -0.2) is 13.9 Å². The van der Waals surface area contributed by atoms with Gasteiger partial charge in [0.05, 0.1) is 11.2 Å². The molecule has 1 amide bonds. The summed E-state index contributed by atoms with van der Waals surface area (Å²) >= 11 is 0.